The number of fused-ring (bicyclic) bond motifs is 1. The van der Waals surface area contributed by atoms with E-state index in [4.69, 9.17) is 4.42 Å². The highest BCUT2D eigenvalue weighted by Gasteiger charge is 2.27. The molecule has 2 aromatic heterocycles. The molecular formula is C20H24N6OS. The molecule has 0 radical (unpaired) electrons. The molecule has 1 fully saturated rings. The van der Waals surface area contributed by atoms with E-state index in [0.717, 1.165) is 42.5 Å². The second kappa shape index (κ2) is 8.35. The van der Waals surface area contributed by atoms with Gasteiger partial charge < -0.3 is 4.42 Å². The molecule has 1 aliphatic carbocycles. The van der Waals surface area contributed by atoms with Gasteiger partial charge in [-0.1, -0.05) is 6.07 Å². The SMILES string of the molecule is CC(C)NSNC1CCC(c2[nH]nc(-c3ccc4ncoc4c3)c2C#N)CC1. The Hall–Kier alpha value is -2.34. The predicted octanol–water partition coefficient (Wildman–Crippen LogP) is 4.27. The molecule has 1 aromatic carbocycles. The van der Waals surface area contributed by atoms with E-state index in [9.17, 15) is 5.26 Å². The summed E-state index contributed by atoms with van der Waals surface area (Å²) in [5, 5.41) is 17.4. The van der Waals surface area contributed by atoms with Crippen LogP contribution in [0.1, 0.15) is 56.7 Å². The Balaban J connectivity index is 1.47. The molecule has 0 bridgehead atoms. The van der Waals surface area contributed by atoms with E-state index >= 15 is 0 Å². The maximum absolute atomic E-state index is 9.80. The first kappa shape index (κ1) is 19.0. The summed E-state index contributed by atoms with van der Waals surface area (Å²) in [6, 6.07) is 9.04. The van der Waals surface area contributed by atoms with Gasteiger partial charge in [0.25, 0.3) is 0 Å². The Labute approximate surface area is 168 Å². The fourth-order valence-corrected chi connectivity index (χ4v) is 4.42. The monoisotopic (exact) mass is 396 g/mol. The van der Waals surface area contributed by atoms with Crippen LogP contribution in [0.4, 0.5) is 0 Å². The van der Waals surface area contributed by atoms with Crippen LogP contribution in [0.15, 0.2) is 29.0 Å². The summed E-state index contributed by atoms with van der Waals surface area (Å²) >= 11 is 1.59. The van der Waals surface area contributed by atoms with E-state index < -0.39 is 0 Å². The van der Waals surface area contributed by atoms with E-state index in [-0.39, 0.29) is 0 Å². The molecule has 146 valence electrons. The van der Waals surface area contributed by atoms with Gasteiger partial charge >= 0.3 is 0 Å². The highest BCUT2D eigenvalue weighted by molar-refractivity contribution is 7.95. The van der Waals surface area contributed by atoms with Crippen molar-refractivity contribution in [2.75, 3.05) is 0 Å². The van der Waals surface area contributed by atoms with Gasteiger partial charge in [0.1, 0.15) is 22.8 Å². The van der Waals surface area contributed by atoms with Gasteiger partial charge in [-0.25, -0.2) is 14.4 Å². The number of nitriles is 1. The number of aromatic nitrogens is 3. The smallest absolute Gasteiger partial charge is 0.181 e. The molecule has 28 heavy (non-hydrogen) atoms. The zero-order chi connectivity index (χ0) is 19.5. The molecule has 0 aliphatic heterocycles. The Morgan fingerprint density at radius 2 is 2.11 bits per heavy atom. The molecule has 2 heterocycles. The lowest BCUT2D eigenvalue weighted by Gasteiger charge is -2.28. The van der Waals surface area contributed by atoms with Crippen molar-refractivity contribution in [3.05, 3.63) is 35.9 Å². The topological polar surface area (TPSA) is 103 Å². The number of nitrogens with one attached hydrogen (secondary N) is 3. The van der Waals surface area contributed by atoms with Crippen molar-refractivity contribution in [1.82, 2.24) is 24.6 Å². The minimum atomic E-state index is 0.339. The largest absolute Gasteiger partial charge is 0.443 e. The van der Waals surface area contributed by atoms with Crippen LogP contribution in [0.5, 0.6) is 0 Å². The summed E-state index contributed by atoms with van der Waals surface area (Å²) in [6.07, 6.45) is 5.67. The summed E-state index contributed by atoms with van der Waals surface area (Å²) < 4.78 is 12.2. The van der Waals surface area contributed by atoms with Crippen LogP contribution in [-0.4, -0.2) is 27.3 Å². The van der Waals surface area contributed by atoms with Gasteiger partial charge in [-0.05, 0) is 51.7 Å². The molecule has 0 amide bonds. The first-order chi connectivity index (χ1) is 13.7. The number of hydrogen-bond donors (Lipinski definition) is 3. The predicted molar refractivity (Wildman–Crippen MR) is 110 cm³/mol. The molecule has 4 rings (SSSR count). The van der Waals surface area contributed by atoms with E-state index in [0.29, 0.717) is 34.8 Å². The number of rotatable bonds is 6. The van der Waals surface area contributed by atoms with E-state index in [2.05, 4.69) is 44.5 Å². The Morgan fingerprint density at radius 3 is 2.86 bits per heavy atom. The summed E-state index contributed by atoms with van der Waals surface area (Å²) in [4.78, 5) is 4.14. The van der Waals surface area contributed by atoms with E-state index in [1.807, 2.05) is 18.2 Å². The molecule has 1 aliphatic rings. The summed E-state index contributed by atoms with van der Waals surface area (Å²) in [5.74, 6) is 0.339. The number of H-pyrrole nitrogens is 1. The fourth-order valence-electron chi connectivity index (χ4n) is 3.71. The third-order valence-electron chi connectivity index (χ3n) is 5.17. The molecule has 3 N–H and O–H groups in total. The molecule has 7 nitrogen and oxygen atoms in total. The number of aromatic amines is 1. The van der Waals surface area contributed by atoms with Gasteiger partial charge in [0, 0.05) is 35.7 Å². The van der Waals surface area contributed by atoms with Crippen LogP contribution in [0.2, 0.25) is 0 Å². The van der Waals surface area contributed by atoms with Gasteiger partial charge in [-0.3, -0.25) is 5.10 Å². The number of nitrogens with zero attached hydrogens (tertiary/aromatic N) is 3. The van der Waals surface area contributed by atoms with E-state index in [1.165, 1.54) is 6.39 Å². The maximum Gasteiger partial charge on any atom is 0.181 e. The third kappa shape index (κ3) is 3.92. The van der Waals surface area contributed by atoms with Crippen molar-refractivity contribution in [3.63, 3.8) is 0 Å². The Morgan fingerprint density at radius 1 is 1.29 bits per heavy atom. The average molecular weight is 397 g/mol. The molecule has 0 spiro atoms. The molecule has 0 atom stereocenters. The van der Waals surface area contributed by atoms with Crippen LogP contribution in [0, 0.1) is 11.3 Å². The van der Waals surface area contributed by atoms with Crippen molar-refractivity contribution in [3.8, 4) is 17.3 Å². The molecule has 1 saturated carbocycles. The van der Waals surface area contributed by atoms with Gasteiger partial charge in [-0.2, -0.15) is 10.4 Å². The van der Waals surface area contributed by atoms with Crippen molar-refractivity contribution in [1.29, 1.82) is 5.26 Å². The summed E-state index contributed by atoms with van der Waals surface area (Å²) in [6.45, 7) is 4.26. The summed E-state index contributed by atoms with van der Waals surface area (Å²) in [7, 11) is 0. The van der Waals surface area contributed by atoms with Crippen LogP contribution in [0.25, 0.3) is 22.4 Å². The first-order valence-corrected chi connectivity index (χ1v) is 10.5. The van der Waals surface area contributed by atoms with Crippen molar-refractivity contribution in [2.24, 2.45) is 0 Å². The van der Waals surface area contributed by atoms with Gasteiger partial charge in [0.05, 0.1) is 5.69 Å². The molecule has 3 aromatic rings. The average Bonchev–Trinajstić information content (AvgIpc) is 3.34. The number of hydrogen-bond acceptors (Lipinski definition) is 7. The van der Waals surface area contributed by atoms with Crippen LogP contribution in [-0.2, 0) is 0 Å². The maximum atomic E-state index is 9.80. The van der Waals surface area contributed by atoms with Crippen molar-refractivity contribution in [2.45, 2.75) is 57.5 Å². The normalized spacial score (nSPS) is 19.9. The molecule has 0 unspecified atom stereocenters. The minimum Gasteiger partial charge on any atom is -0.443 e. The second-order valence-electron chi connectivity index (χ2n) is 7.55. The second-order valence-corrected chi connectivity index (χ2v) is 8.22. The summed E-state index contributed by atoms with van der Waals surface area (Å²) in [5.41, 5.74) is 4.66. The first-order valence-electron chi connectivity index (χ1n) is 9.64. The highest BCUT2D eigenvalue weighted by atomic mass is 32.2. The zero-order valence-electron chi connectivity index (χ0n) is 16.0. The Kier molecular flexibility index (Phi) is 5.67. The lowest BCUT2D eigenvalue weighted by Crippen LogP contribution is -2.32. The van der Waals surface area contributed by atoms with Crippen molar-refractivity contribution < 1.29 is 4.42 Å². The molecular weight excluding hydrogens is 372 g/mol. The third-order valence-corrected chi connectivity index (χ3v) is 6.21. The number of benzene rings is 1. The van der Waals surface area contributed by atoms with Crippen LogP contribution >= 0.6 is 12.1 Å². The standard InChI is InChI=1S/C20H24N6OS/c1-12(2)25-28-26-15-6-3-13(4-7-15)19-16(10-21)20(24-23-19)14-5-8-17-18(9-14)27-11-22-17/h5,8-9,11-13,15,25-26H,3-4,6-7H2,1-2H3,(H,23,24). The van der Waals surface area contributed by atoms with Gasteiger partial charge in [0.15, 0.2) is 12.0 Å². The van der Waals surface area contributed by atoms with Crippen molar-refractivity contribution >= 4 is 23.2 Å². The molecule has 0 saturated heterocycles. The minimum absolute atomic E-state index is 0.339. The van der Waals surface area contributed by atoms with E-state index in [1.54, 1.807) is 12.1 Å². The highest BCUT2D eigenvalue weighted by Crippen LogP contribution is 2.37. The lowest BCUT2D eigenvalue weighted by atomic mass is 9.83. The fraction of sp³-hybridized carbons (Fsp3) is 0.450. The number of oxazole rings is 1. The Bertz CT molecular complexity index is 980. The van der Waals surface area contributed by atoms with Crippen LogP contribution in [0.3, 0.4) is 0 Å². The lowest BCUT2D eigenvalue weighted by molar-refractivity contribution is 0.376. The van der Waals surface area contributed by atoms with Gasteiger partial charge in [-0.15, -0.1) is 0 Å². The van der Waals surface area contributed by atoms with Gasteiger partial charge in [0.2, 0.25) is 0 Å². The zero-order valence-corrected chi connectivity index (χ0v) is 16.8. The molecule has 8 heteroatoms. The quantitative estimate of drug-likeness (QED) is 0.535. The van der Waals surface area contributed by atoms with Crippen LogP contribution < -0.4 is 9.44 Å².